The minimum atomic E-state index is -0.173. The number of carbonyl (C=O) groups excluding carboxylic acids is 3. The van der Waals surface area contributed by atoms with E-state index in [4.69, 9.17) is 0 Å². The Morgan fingerprint density at radius 2 is 1.57 bits per heavy atom. The van der Waals surface area contributed by atoms with Gasteiger partial charge in [0.1, 0.15) is 5.70 Å². The molecule has 2 heterocycles. The van der Waals surface area contributed by atoms with E-state index < -0.39 is 0 Å². The topological polar surface area (TPSA) is 73.0 Å². The van der Waals surface area contributed by atoms with Crippen LogP contribution in [-0.4, -0.2) is 71.7 Å². The van der Waals surface area contributed by atoms with Crippen LogP contribution in [0.2, 0.25) is 0 Å². The van der Waals surface area contributed by atoms with Crippen LogP contribution < -0.4 is 5.32 Å². The van der Waals surface area contributed by atoms with Crippen molar-refractivity contribution in [1.29, 1.82) is 0 Å². The van der Waals surface area contributed by atoms with Gasteiger partial charge in [-0.2, -0.15) is 0 Å². The second-order valence-corrected chi connectivity index (χ2v) is 8.54. The zero-order chi connectivity index (χ0) is 21.3. The number of rotatable bonds is 4. The lowest BCUT2D eigenvalue weighted by molar-refractivity contribution is -0.141. The van der Waals surface area contributed by atoms with Crippen molar-refractivity contribution in [3.05, 3.63) is 35.5 Å². The molecule has 1 N–H and O–H groups in total. The lowest BCUT2D eigenvalue weighted by Gasteiger charge is -2.35. The molecule has 0 radical (unpaired) electrons. The van der Waals surface area contributed by atoms with Crippen molar-refractivity contribution in [1.82, 2.24) is 14.7 Å². The van der Waals surface area contributed by atoms with E-state index >= 15 is 0 Å². The summed E-state index contributed by atoms with van der Waals surface area (Å²) in [5.41, 5.74) is 2.46. The van der Waals surface area contributed by atoms with Crippen molar-refractivity contribution >= 4 is 29.0 Å². The van der Waals surface area contributed by atoms with Gasteiger partial charge in [0.25, 0.3) is 11.8 Å². The maximum Gasteiger partial charge on any atom is 0.278 e. The third kappa shape index (κ3) is 3.99. The number of imide groups is 1. The van der Waals surface area contributed by atoms with E-state index in [0.29, 0.717) is 17.0 Å². The number of carbonyl (C=O) groups is 3. The fraction of sp³-hybridized carbons (Fsp3) is 0.522. The summed E-state index contributed by atoms with van der Waals surface area (Å²) in [4.78, 5) is 44.2. The molecule has 1 aromatic carbocycles. The zero-order valence-corrected chi connectivity index (χ0v) is 17.8. The van der Waals surface area contributed by atoms with Crippen LogP contribution in [0, 0.1) is 0 Å². The predicted octanol–water partition coefficient (Wildman–Crippen LogP) is 2.30. The molecule has 4 rings (SSSR count). The number of amides is 3. The maximum absolute atomic E-state index is 13.5. The lowest BCUT2D eigenvalue weighted by Crippen LogP contribution is -2.47. The van der Waals surface area contributed by atoms with Gasteiger partial charge in [0.2, 0.25) is 5.91 Å². The standard InChI is InChI=1S/C23H30N4O3/c1-16(28)24-18-10-8-17(9-11-18)20-21(26-14-12-25(2)13-15-26)23(30)27(22(20)29)19-6-4-3-5-7-19/h8-11,19H,3-7,12-15H2,1-2H3,(H,24,28). The monoisotopic (exact) mass is 410 g/mol. The molecule has 0 aromatic heterocycles. The average molecular weight is 411 g/mol. The molecule has 7 heteroatoms. The highest BCUT2D eigenvalue weighted by molar-refractivity contribution is 6.35. The van der Waals surface area contributed by atoms with E-state index in [-0.39, 0.29) is 23.8 Å². The van der Waals surface area contributed by atoms with Gasteiger partial charge >= 0.3 is 0 Å². The molecule has 0 atom stereocenters. The molecule has 0 unspecified atom stereocenters. The van der Waals surface area contributed by atoms with Gasteiger partial charge < -0.3 is 15.1 Å². The van der Waals surface area contributed by atoms with E-state index in [0.717, 1.165) is 57.4 Å². The fourth-order valence-corrected chi connectivity index (χ4v) is 4.71. The second kappa shape index (κ2) is 8.60. The number of piperazine rings is 1. The van der Waals surface area contributed by atoms with E-state index in [1.54, 1.807) is 12.1 Å². The normalized spacial score (nSPS) is 21.5. The number of benzene rings is 1. The number of hydrogen-bond donors (Lipinski definition) is 1. The quantitative estimate of drug-likeness (QED) is 0.771. The molecule has 1 saturated heterocycles. The molecule has 2 fully saturated rings. The maximum atomic E-state index is 13.5. The van der Waals surface area contributed by atoms with E-state index in [1.165, 1.54) is 18.2 Å². The van der Waals surface area contributed by atoms with Crippen LogP contribution in [0.25, 0.3) is 5.57 Å². The molecule has 2 aliphatic heterocycles. The Morgan fingerprint density at radius 1 is 0.933 bits per heavy atom. The minimum absolute atomic E-state index is 0.00244. The zero-order valence-electron chi connectivity index (χ0n) is 17.8. The van der Waals surface area contributed by atoms with Gasteiger partial charge in [0.15, 0.2) is 0 Å². The van der Waals surface area contributed by atoms with Crippen LogP contribution in [0.15, 0.2) is 30.0 Å². The molecule has 3 aliphatic rings. The van der Waals surface area contributed by atoms with Gasteiger partial charge in [-0.3, -0.25) is 19.3 Å². The Morgan fingerprint density at radius 3 is 2.17 bits per heavy atom. The van der Waals surface area contributed by atoms with Crippen LogP contribution >= 0.6 is 0 Å². The first kappa shape index (κ1) is 20.6. The van der Waals surface area contributed by atoms with Crippen LogP contribution in [0.5, 0.6) is 0 Å². The van der Waals surface area contributed by atoms with Crippen molar-refractivity contribution in [3.63, 3.8) is 0 Å². The van der Waals surface area contributed by atoms with E-state index in [1.807, 2.05) is 12.1 Å². The minimum Gasteiger partial charge on any atom is -0.364 e. The first-order valence-electron chi connectivity index (χ1n) is 10.9. The van der Waals surface area contributed by atoms with Crippen LogP contribution in [-0.2, 0) is 14.4 Å². The summed E-state index contributed by atoms with van der Waals surface area (Å²) in [6.07, 6.45) is 5.08. The van der Waals surface area contributed by atoms with Crippen molar-refractivity contribution < 1.29 is 14.4 Å². The van der Waals surface area contributed by atoms with Gasteiger partial charge in [-0.15, -0.1) is 0 Å². The van der Waals surface area contributed by atoms with Crippen LogP contribution in [0.4, 0.5) is 5.69 Å². The first-order valence-corrected chi connectivity index (χ1v) is 10.9. The molecule has 1 saturated carbocycles. The van der Waals surface area contributed by atoms with Crippen LogP contribution in [0.1, 0.15) is 44.6 Å². The summed E-state index contributed by atoms with van der Waals surface area (Å²) in [6, 6.07) is 7.22. The molecule has 160 valence electrons. The summed E-state index contributed by atoms with van der Waals surface area (Å²) in [5.74, 6) is -0.457. The number of nitrogens with one attached hydrogen (secondary N) is 1. The Kier molecular flexibility index (Phi) is 5.90. The molecule has 1 aliphatic carbocycles. The van der Waals surface area contributed by atoms with E-state index in [2.05, 4.69) is 22.2 Å². The lowest BCUT2D eigenvalue weighted by atomic mass is 9.94. The highest BCUT2D eigenvalue weighted by Gasteiger charge is 2.45. The van der Waals surface area contributed by atoms with Crippen molar-refractivity contribution in [2.45, 2.75) is 45.1 Å². The third-order valence-electron chi connectivity index (χ3n) is 6.34. The molecule has 1 aromatic rings. The van der Waals surface area contributed by atoms with Gasteiger partial charge in [0.05, 0.1) is 5.57 Å². The molecular formula is C23H30N4O3. The predicted molar refractivity (Wildman–Crippen MR) is 115 cm³/mol. The number of hydrogen-bond acceptors (Lipinski definition) is 5. The molecule has 0 spiro atoms. The Hall–Kier alpha value is -2.67. The molecule has 7 nitrogen and oxygen atoms in total. The fourth-order valence-electron chi connectivity index (χ4n) is 4.71. The highest BCUT2D eigenvalue weighted by Crippen LogP contribution is 2.36. The Balaban J connectivity index is 1.70. The number of likely N-dealkylation sites (N-methyl/N-ethyl adjacent to an activating group) is 1. The number of anilines is 1. The largest absolute Gasteiger partial charge is 0.364 e. The third-order valence-corrected chi connectivity index (χ3v) is 6.34. The van der Waals surface area contributed by atoms with Gasteiger partial charge in [-0.25, -0.2) is 0 Å². The second-order valence-electron chi connectivity index (χ2n) is 8.54. The van der Waals surface area contributed by atoms with Crippen LogP contribution in [0.3, 0.4) is 0 Å². The first-order chi connectivity index (χ1) is 14.5. The van der Waals surface area contributed by atoms with Gasteiger partial charge in [0, 0.05) is 44.8 Å². The molecule has 3 amide bonds. The van der Waals surface area contributed by atoms with E-state index in [9.17, 15) is 14.4 Å². The van der Waals surface area contributed by atoms with Crippen molar-refractivity contribution in [2.75, 3.05) is 38.5 Å². The van der Waals surface area contributed by atoms with Crippen molar-refractivity contribution in [2.24, 2.45) is 0 Å². The van der Waals surface area contributed by atoms with Gasteiger partial charge in [-0.05, 0) is 37.6 Å². The molecule has 30 heavy (non-hydrogen) atoms. The van der Waals surface area contributed by atoms with Gasteiger partial charge in [-0.1, -0.05) is 31.4 Å². The Bertz CT molecular complexity index is 863. The summed E-state index contributed by atoms with van der Waals surface area (Å²) < 4.78 is 0. The summed E-state index contributed by atoms with van der Waals surface area (Å²) in [7, 11) is 2.07. The van der Waals surface area contributed by atoms with Crippen molar-refractivity contribution in [3.8, 4) is 0 Å². The molecule has 0 bridgehead atoms. The summed E-state index contributed by atoms with van der Waals surface area (Å²) in [6.45, 7) is 4.66. The molecular weight excluding hydrogens is 380 g/mol. The smallest absolute Gasteiger partial charge is 0.278 e. The average Bonchev–Trinajstić information content (AvgIpc) is 2.99. The number of nitrogens with zero attached hydrogens (tertiary/aromatic N) is 3. The highest BCUT2D eigenvalue weighted by atomic mass is 16.2. The Labute approximate surface area is 177 Å². The SMILES string of the molecule is CC(=O)Nc1ccc(C2=C(N3CCN(C)CC3)C(=O)N(C3CCCCC3)C2=O)cc1. The summed E-state index contributed by atoms with van der Waals surface area (Å²) >= 11 is 0. The summed E-state index contributed by atoms with van der Waals surface area (Å²) in [5, 5.41) is 2.75.